The second-order valence-corrected chi connectivity index (χ2v) is 7.18. The van der Waals surface area contributed by atoms with Gasteiger partial charge in [-0.2, -0.15) is 0 Å². The molecule has 5 heteroatoms. The second kappa shape index (κ2) is 7.96. The van der Waals surface area contributed by atoms with Gasteiger partial charge in [0.15, 0.2) is 9.84 Å². The van der Waals surface area contributed by atoms with E-state index in [-0.39, 0.29) is 0 Å². The van der Waals surface area contributed by atoms with Crippen LogP contribution in [0.15, 0.2) is 65.6 Å². The van der Waals surface area contributed by atoms with Gasteiger partial charge in [0, 0.05) is 38.1 Å². The predicted octanol–water partition coefficient (Wildman–Crippen LogP) is 2.19. The number of hydrogen-bond acceptors (Lipinski definition) is 4. The van der Waals surface area contributed by atoms with Crippen molar-refractivity contribution in [1.29, 1.82) is 0 Å². The number of benzene rings is 2. The van der Waals surface area contributed by atoms with Crippen molar-refractivity contribution in [1.82, 2.24) is 5.32 Å². The maximum absolute atomic E-state index is 11.4. The molecule has 0 bridgehead atoms. The van der Waals surface area contributed by atoms with E-state index < -0.39 is 9.84 Å². The van der Waals surface area contributed by atoms with E-state index in [2.05, 4.69) is 10.2 Å². The lowest BCUT2D eigenvalue weighted by molar-refractivity contribution is 0.588. The minimum Gasteiger partial charge on any atom is -0.369 e. The van der Waals surface area contributed by atoms with Crippen LogP contribution in [-0.4, -0.2) is 40.9 Å². The molecule has 1 saturated heterocycles. The van der Waals surface area contributed by atoms with Crippen LogP contribution in [0.2, 0.25) is 0 Å². The van der Waals surface area contributed by atoms with Gasteiger partial charge in [0.2, 0.25) is 0 Å². The number of hydrogen-bond donors (Lipinski definition) is 1. The van der Waals surface area contributed by atoms with Gasteiger partial charge < -0.3 is 10.2 Å². The number of nitrogens with zero attached hydrogens (tertiary/aromatic N) is 1. The highest BCUT2D eigenvalue weighted by Crippen LogP contribution is 2.19. The summed E-state index contributed by atoms with van der Waals surface area (Å²) in [4.78, 5) is 2.59. The Morgan fingerprint density at radius 3 is 1.95 bits per heavy atom. The average molecular weight is 318 g/mol. The van der Waals surface area contributed by atoms with Gasteiger partial charge in [-0.1, -0.05) is 42.5 Å². The fraction of sp³-hybridized carbons (Fsp3) is 0.294. The van der Waals surface area contributed by atoms with Crippen LogP contribution < -0.4 is 10.2 Å². The first-order valence-corrected chi connectivity index (χ1v) is 9.22. The SMILES string of the molecule is CS(=O)(=O)c1cccc(N2CCNCC2)c1.c1ccccc1. The summed E-state index contributed by atoms with van der Waals surface area (Å²) >= 11 is 0. The number of piperazine rings is 1. The summed E-state index contributed by atoms with van der Waals surface area (Å²) < 4.78 is 22.9. The highest BCUT2D eigenvalue weighted by atomic mass is 32.2. The van der Waals surface area contributed by atoms with Crippen molar-refractivity contribution in [2.24, 2.45) is 0 Å². The van der Waals surface area contributed by atoms with Crippen molar-refractivity contribution in [2.75, 3.05) is 37.3 Å². The van der Waals surface area contributed by atoms with Gasteiger partial charge in [0.1, 0.15) is 0 Å². The lowest BCUT2D eigenvalue weighted by Crippen LogP contribution is -2.43. The lowest BCUT2D eigenvalue weighted by atomic mass is 10.2. The fourth-order valence-corrected chi connectivity index (χ4v) is 2.88. The van der Waals surface area contributed by atoms with Crippen molar-refractivity contribution in [3.63, 3.8) is 0 Å². The predicted molar refractivity (Wildman–Crippen MR) is 91.1 cm³/mol. The average Bonchev–Trinajstić information content (AvgIpc) is 2.57. The third kappa shape index (κ3) is 5.16. The van der Waals surface area contributed by atoms with Crippen LogP contribution >= 0.6 is 0 Å². The van der Waals surface area contributed by atoms with Crippen molar-refractivity contribution < 1.29 is 8.42 Å². The van der Waals surface area contributed by atoms with Crippen molar-refractivity contribution in [3.8, 4) is 0 Å². The Kier molecular flexibility index (Phi) is 5.98. The summed E-state index contributed by atoms with van der Waals surface area (Å²) in [5.74, 6) is 0. The number of nitrogens with one attached hydrogen (secondary N) is 1. The number of anilines is 1. The van der Waals surface area contributed by atoms with E-state index >= 15 is 0 Å². The minimum absolute atomic E-state index is 0.392. The molecule has 2 aromatic rings. The quantitative estimate of drug-likeness (QED) is 0.922. The normalized spacial score (nSPS) is 14.9. The molecule has 0 aliphatic carbocycles. The molecule has 3 rings (SSSR count). The Morgan fingerprint density at radius 2 is 1.45 bits per heavy atom. The van der Waals surface area contributed by atoms with E-state index in [9.17, 15) is 8.42 Å². The first-order chi connectivity index (χ1) is 10.6. The van der Waals surface area contributed by atoms with Gasteiger partial charge in [0.05, 0.1) is 4.90 Å². The highest BCUT2D eigenvalue weighted by molar-refractivity contribution is 7.90. The van der Waals surface area contributed by atoms with Crippen LogP contribution in [0.3, 0.4) is 0 Å². The first-order valence-electron chi connectivity index (χ1n) is 7.33. The number of rotatable bonds is 2. The molecule has 1 N–H and O–H groups in total. The monoisotopic (exact) mass is 318 g/mol. The largest absolute Gasteiger partial charge is 0.369 e. The van der Waals surface area contributed by atoms with Gasteiger partial charge in [-0.15, -0.1) is 0 Å². The van der Waals surface area contributed by atoms with E-state index in [1.54, 1.807) is 18.2 Å². The molecule has 1 fully saturated rings. The van der Waals surface area contributed by atoms with Crippen LogP contribution in [0, 0.1) is 0 Å². The highest BCUT2D eigenvalue weighted by Gasteiger charge is 2.13. The van der Waals surface area contributed by atoms with Crippen molar-refractivity contribution in [3.05, 3.63) is 60.7 Å². The van der Waals surface area contributed by atoms with Gasteiger partial charge in [0.25, 0.3) is 0 Å². The summed E-state index contributed by atoms with van der Waals surface area (Å²) in [6, 6.07) is 19.1. The molecule has 1 heterocycles. The third-order valence-electron chi connectivity index (χ3n) is 3.39. The van der Waals surface area contributed by atoms with Crippen molar-refractivity contribution >= 4 is 15.5 Å². The Morgan fingerprint density at radius 1 is 0.909 bits per heavy atom. The van der Waals surface area contributed by atoms with Crippen LogP contribution in [0.5, 0.6) is 0 Å². The van der Waals surface area contributed by atoms with Gasteiger partial charge in [-0.25, -0.2) is 8.42 Å². The summed E-state index contributed by atoms with van der Waals surface area (Å²) in [6.07, 6.45) is 1.24. The molecule has 1 aliphatic heterocycles. The maximum Gasteiger partial charge on any atom is 0.175 e. The molecule has 1 aliphatic rings. The Balaban J connectivity index is 0.000000246. The molecular formula is C17H22N2O2S. The molecule has 0 unspecified atom stereocenters. The second-order valence-electron chi connectivity index (χ2n) is 5.16. The number of sulfone groups is 1. The molecule has 118 valence electrons. The van der Waals surface area contributed by atoms with Gasteiger partial charge >= 0.3 is 0 Å². The summed E-state index contributed by atoms with van der Waals surface area (Å²) in [6.45, 7) is 3.74. The molecule has 0 amide bonds. The molecule has 0 spiro atoms. The fourth-order valence-electron chi connectivity index (χ4n) is 2.22. The van der Waals surface area contributed by atoms with E-state index in [1.165, 1.54) is 6.26 Å². The lowest BCUT2D eigenvalue weighted by Gasteiger charge is -2.29. The van der Waals surface area contributed by atoms with E-state index in [4.69, 9.17) is 0 Å². The molecule has 0 atom stereocenters. The van der Waals surface area contributed by atoms with E-state index in [0.717, 1.165) is 31.9 Å². The van der Waals surface area contributed by atoms with Gasteiger partial charge in [-0.3, -0.25) is 0 Å². The summed E-state index contributed by atoms with van der Waals surface area (Å²) in [5.41, 5.74) is 0.990. The van der Waals surface area contributed by atoms with Crippen molar-refractivity contribution in [2.45, 2.75) is 4.90 Å². The van der Waals surface area contributed by atoms with Gasteiger partial charge in [-0.05, 0) is 18.2 Å². The minimum atomic E-state index is -3.11. The molecule has 0 saturated carbocycles. The third-order valence-corrected chi connectivity index (χ3v) is 4.50. The molecule has 2 aromatic carbocycles. The molecule has 0 radical (unpaired) electrons. The summed E-state index contributed by atoms with van der Waals surface area (Å²) in [5, 5.41) is 3.27. The zero-order valence-corrected chi connectivity index (χ0v) is 13.6. The topological polar surface area (TPSA) is 49.4 Å². The Hall–Kier alpha value is -1.85. The first kappa shape index (κ1) is 16.5. The van der Waals surface area contributed by atoms with E-state index in [0.29, 0.717) is 4.90 Å². The maximum atomic E-state index is 11.4. The molecule has 4 nitrogen and oxygen atoms in total. The molecule has 22 heavy (non-hydrogen) atoms. The smallest absolute Gasteiger partial charge is 0.175 e. The van der Waals surface area contributed by atoms with Crippen LogP contribution in [0.1, 0.15) is 0 Å². The summed E-state index contributed by atoms with van der Waals surface area (Å²) in [7, 11) is -3.11. The standard InChI is InChI=1S/C11H16N2O2S.C6H6/c1-16(14,15)11-4-2-3-10(9-11)13-7-5-12-6-8-13;1-2-4-6-5-3-1/h2-4,9,12H,5-8H2,1H3;1-6H. The van der Waals surface area contributed by atoms with Crippen LogP contribution in [-0.2, 0) is 9.84 Å². The Labute approximate surface area is 132 Å². The van der Waals surface area contributed by atoms with Crippen LogP contribution in [0.25, 0.3) is 0 Å². The Bertz CT molecular complexity index is 639. The zero-order valence-electron chi connectivity index (χ0n) is 12.8. The van der Waals surface area contributed by atoms with E-state index in [1.807, 2.05) is 42.5 Å². The molecule has 0 aromatic heterocycles. The molecular weight excluding hydrogens is 296 g/mol. The van der Waals surface area contributed by atoms with Crippen LogP contribution in [0.4, 0.5) is 5.69 Å². The zero-order chi connectivity index (χ0) is 15.8.